The molecular weight excluding hydrogens is 244 g/mol. The van der Waals surface area contributed by atoms with Crippen LogP contribution >= 0.6 is 0 Å². The molecule has 0 saturated carbocycles. The van der Waals surface area contributed by atoms with Gasteiger partial charge in [0.25, 0.3) is 0 Å². The predicted molar refractivity (Wildman–Crippen MR) is 87.1 cm³/mol. The average Bonchev–Trinajstić information content (AvgIpc) is 2.41. The molecular formula is C18H30N2. The van der Waals surface area contributed by atoms with Crippen molar-refractivity contribution in [2.45, 2.75) is 33.6 Å². The van der Waals surface area contributed by atoms with Crippen molar-refractivity contribution >= 4 is 0 Å². The van der Waals surface area contributed by atoms with E-state index in [0.29, 0.717) is 5.41 Å². The second-order valence-electron chi connectivity index (χ2n) is 6.94. The third kappa shape index (κ3) is 4.92. The third-order valence-electron chi connectivity index (χ3n) is 4.18. The van der Waals surface area contributed by atoms with E-state index in [4.69, 9.17) is 0 Å². The molecule has 0 bridgehead atoms. The summed E-state index contributed by atoms with van der Waals surface area (Å²) in [7, 11) is 0. The summed E-state index contributed by atoms with van der Waals surface area (Å²) in [6.45, 7) is 14.5. The van der Waals surface area contributed by atoms with Crippen LogP contribution in [0.5, 0.6) is 0 Å². The van der Waals surface area contributed by atoms with Gasteiger partial charge in [0.2, 0.25) is 0 Å². The molecule has 20 heavy (non-hydrogen) atoms. The van der Waals surface area contributed by atoms with Crippen LogP contribution < -0.4 is 0 Å². The Morgan fingerprint density at radius 1 is 0.950 bits per heavy atom. The number of benzene rings is 1. The molecule has 1 aliphatic rings. The van der Waals surface area contributed by atoms with Crippen LogP contribution in [0.15, 0.2) is 30.3 Å². The number of rotatable bonds is 6. The zero-order valence-electron chi connectivity index (χ0n) is 13.4. The smallest absolute Gasteiger partial charge is 0.0110 e. The Bertz CT molecular complexity index is 378. The highest BCUT2D eigenvalue weighted by molar-refractivity contribution is 5.16. The van der Waals surface area contributed by atoms with Crippen molar-refractivity contribution in [1.29, 1.82) is 0 Å². The number of nitrogens with zero attached hydrogens (tertiary/aromatic N) is 2. The Morgan fingerprint density at radius 3 is 2.15 bits per heavy atom. The molecule has 2 rings (SSSR count). The molecule has 0 aromatic heterocycles. The molecule has 1 aliphatic heterocycles. The van der Waals surface area contributed by atoms with Gasteiger partial charge in [-0.15, -0.1) is 0 Å². The molecule has 0 radical (unpaired) electrons. The van der Waals surface area contributed by atoms with Gasteiger partial charge in [0, 0.05) is 32.7 Å². The lowest BCUT2D eigenvalue weighted by Gasteiger charge is -2.39. The number of hydrogen-bond donors (Lipinski definition) is 0. The third-order valence-corrected chi connectivity index (χ3v) is 4.18. The fourth-order valence-electron chi connectivity index (χ4n) is 3.30. The fourth-order valence-corrected chi connectivity index (χ4v) is 3.30. The Hall–Kier alpha value is -0.860. The average molecular weight is 274 g/mol. The highest BCUT2D eigenvalue weighted by Crippen LogP contribution is 2.23. The van der Waals surface area contributed by atoms with Gasteiger partial charge in [-0.05, 0) is 30.4 Å². The minimum absolute atomic E-state index is 0.355. The standard InChI is InChI=1S/C18H30N2/c1-4-10-19-11-13-20(14-12-19)16-18(2,3)15-17-8-6-5-7-9-17/h5-9H,4,10-16H2,1-3H3. The molecule has 2 heteroatoms. The van der Waals surface area contributed by atoms with E-state index in [9.17, 15) is 0 Å². The molecule has 0 unspecified atom stereocenters. The monoisotopic (exact) mass is 274 g/mol. The molecule has 0 spiro atoms. The summed E-state index contributed by atoms with van der Waals surface area (Å²) in [5.41, 5.74) is 1.82. The first-order chi connectivity index (χ1) is 9.59. The van der Waals surface area contributed by atoms with Crippen LogP contribution in [-0.4, -0.2) is 49.1 Å². The van der Waals surface area contributed by atoms with Crippen LogP contribution in [0.3, 0.4) is 0 Å². The largest absolute Gasteiger partial charge is 0.301 e. The fraction of sp³-hybridized carbons (Fsp3) is 0.667. The van der Waals surface area contributed by atoms with Crippen molar-refractivity contribution in [2.24, 2.45) is 5.41 Å². The van der Waals surface area contributed by atoms with E-state index in [-0.39, 0.29) is 0 Å². The molecule has 0 aliphatic carbocycles. The molecule has 0 atom stereocenters. The van der Waals surface area contributed by atoms with Gasteiger partial charge in [-0.1, -0.05) is 51.1 Å². The molecule has 2 nitrogen and oxygen atoms in total. The topological polar surface area (TPSA) is 6.48 Å². The summed E-state index contributed by atoms with van der Waals surface area (Å²) in [6.07, 6.45) is 2.45. The van der Waals surface area contributed by atoms with Crippen molar-refractivity contribution in [2.75, 3.05) is 39.3 Å². The van der Waals surface area contributed by atoms with E-state index in [1.54, 1.807) is 0 Å². The first-order valence-corrected chi connectivity index (χ1v) is 8.08. The van der Waals surface area contributed by atoms with Crippen molar-refractivity contribution < 1.29 is 0 Å². The van der Waals surface area contributed by atoms with E-state index in [0.717, 1.165) is 0 Å². The molecule has 1 fully saturated rings. The zero-order valence-corrected chi connectivity index (χ0v) is 13.4. The van der Waals surface area contributed by atoms with Crippen LogP contribution in [0.4, 0.5) is 0 Å². The first kappa shape index (κ1) is 15.5. The van der Waals surface area contributed by atoms with Gasteiger partial charge in [0.05, 0.1) is 0 Å². The van der Waals surface area contributed by atoms with Crippen molar-refractivity contribution in [3.63, 3.8) is 0 Å². The normalized spacial score (nSPS) is 18.4. The van der Waals surface area contributed by atoms with Gasteiger partial charge in [-0.25, -0.2) is 0 Å². The van der Waals surface area contributed by atoms with E-state index in [2.05, 4.69) is 60.9 Å². The Morgan fingerprint density at radius 2 is 1.55 bits per heavy atom. The van der Waals surface area contributed by atoms with Crippen LogP contribution in [0.1, 0.15) is 32.8 Å². The highest BCUT2D eigenvalue weighted by Gasteiger charge is 2.24. The summed E-state index contributed by atoms with van der Waals surface area (Å²) in [6, 6.07) is 10.9. The SMILES string of the molecule is CCCN1CCN(CC(C)(C)Cc2ccccc2)CC1. The van der Waals surface area contributed by atoms with E-state index < -0.39 is 0 Å². The molecule has 1 aromatic rings. The van der Waals surface area contributed by atoms with E-state index in [1.807, 2.05) is 0 Å². The van der Waals surface area contributed by atoms with Crippen LogP contribution in [-0.2, 0) is 6.42 Å². The van der Waals surface area contributed by atoms with Crippen LogP contribution in [0.2, 0.25) is 0 Å². The lowest BCUT2D eigenvalue weighted by atomic mass is 9.85. The minimum Gasteiger partial charge on any atom is -0.301 e. The summed E-state index contributed by atoms with van der Waals surface area (Å²) in [5, 5.41) is 0. The van der Waals surface area contributed by atoms with Gasteiger partial charge in [-0.2, -0.15) is 0 Å². The van der Waals surface area contributed by atoms with Crippen molar-refractivity contribution in [3.8, 4) is 0 Å². The molecule has 1 saturated heterocycles. The second-order valence-corrected chi connectivity index (χ2v) is 6.94. The predicted octanol–water partition coefficient (Wildman–Crippen LogP) is 3.28. The first-order valence-electron chi connectivity index (χ1n) is 8.08. The Kier molecular flexibility index (Phi) is 5.62. The maximum Gasteiger partial charge on any atom is 0.0110 e. The Balaban J connectivity index is 1.80. The summed E-state index contributed by atoms with van der Waals surface area (Å²) >= 11 is 0. The maximum absolute atomic E-state index is 2.65. The lowest BCUT2D eigenvalue weighted by Crippen LogP contribution is -2.49. The van der Waals surface area contributed by atoms with Crippen molar-refractivity contribution in [1.82, 2.24) is 9.80 Å². The molecule has 0 amide bonds. The van der Waals surface area contributed by atoms with E-state index in [1.165, 1.54) is 57.7 Å². The molecule has 1 heterocycles. The van der Waals surface area contributed by atoms with Gasteiger partial charge < -0.3 is 9.80 Å². The van der Waals surface area contributed by atoms with Gasteiger partial charge >= 0.3 is 0 Å². The number of piperazine rings is 1. The van der Waals surface area contributed by atoms with E-state index >= 15 is 0 Å². The minimum atomic E-state index is 0.355. The van der Waals surface area contributed by atoms with Gasteiger partial charge in [0.15, 0.2) is 0 Å². The molecule has 112 valence electrons. The van der Waals surface area contributed by atoms with Crippen molar-refractivity contribution in [3.05, 3.63) is 35.9 Å². The quantitative estimate of drug-likeness (QED) is 0.785. The lowest BCUT2D eigenvalue weighted by molar-refractivity contribution is 0.0969. The highest BCUT2D eigenvalue weighted by atomic mass is 15.3. The van der Waals surface area contributed by atoms with Gasteiger partial charge in [-0.3, -0.25) is 0 Å². The molecule has 0 N–H and O–H groups in total. The second kappa shape index (κ2) is 7.24. The summed E-state index contributed by atoms with van der Waals surface area (Å²) < 4.78 is 0. The van der Waals surface area contributed by atoms with Crippen LogP contribution in [0, 0.1) is 5.41 Å². The molecule has 1 aromatic carbocycles. The number of hydrogen-bond acceptors (Lipinski definition) is 2. The van der Waals surface area contributed by atoms with Crippen LogP contribution in [0.25, 0.3) is 0 Å². The summed E-state index contributed by atoms with van der Waals surface area (Å²) in [5.74, 6) is 0. The van der Waals surface area contributed by atoms with Gasteiger partial charge in [0.1, 0.15) is 0 Å². The Labute approximate surface area is 124 Å². The maximum atomic E-state index is 2.65. The zero-order chi connectivity index (χ0) is 14.4. The summed E-state index contributed by atoms with van der Waals surface area (Å²) in [4.78, 5) is 5.25.